The Balaban J connectivity index is 1.23. The number of nitrogens with one attached hydrogen (secondary N) is 1. The minimum Gasteiger partial charge on any atom is -0.333 e. The highest BCUT2D eigenvalue weighted by atomic mass is 35.5. The Bertz CT molecular complexity index is 1460. The van der Waals surface area contributed by atoms with E-state index in [1.807, 2.05) is 53.4 Å². The molecule has 2 aromatic carbocycles. The predicted octanol–water partition coefficient (Wildman–Crippen LogP) is 5.50. The first kappa shape index (κ1) is 24.5. The minimum absolute atomic E-state index is 0.107. The molecule has 38 heavy (non-hydrogen) atoms. The molecule has 1 aliphatic heterocycles. The number of nitroso groups, excluding NO2 is 1. The zero-order valence-electron chi connectivity index (χ0n) is 20.8. The number of benzene rings is 2. The van der Waals surface area contributed by atoms with E-state index < -0.39 is 0 Å². The molecule has 1 amide bonds. The van der Waals surface area contributed by atoms with Gasteiger partial charge in [0, 0.05) is 61.3 Å². The van der Waals surface area contributed by atoms with Gasteiger partial charge in [-0.3, -0.25) is 14.7 Å². The maximum absolute atomic E-state index is 13.5. The molecule has 1 unspecified atom stereocenters. The van der Waals surface area contributed by atoms with Crippen LogP contribution in [0.15, 0.2) is 72.2 Å². The van der Waals surface area contributed by atoms with Crippen LogP contribution in [-0.4, -0.2) is 56.8 Å². The first-order valence-corrected chi connectivity index (χ1v) is 13.2. The molecule has 3 heterocycles. The number of hydrogen-bond acceptors (Lipinski definition) is 6. The summed E-state index contributed by atoms with van der Waals surface area (Å²) in [7, 11) is 0. The molecule has 2 aliphatic rings. The van der Waals surface area contributed by atoms with Gasteiger partial charge in [0.1, 0.15) is 6.04 Å². The Kier molecular flexibility index (Phi) is 6.74. The Hall–Kier alpha value is -3.88. The number of halogens is 1. The molecule has 2 aromatic heterocycles. The molecule has 0 radical (unpaired) electrons. The van der Waals surface area contributed by atoms with E-state index >= 15 is 0 Å². The topological polar surface area (TPSA) is 94.5 Å². The van der Waals surface area contributed by atoms with Crippen molar-refractivity contribution in [3.63, 3.8) is 0 Å². The summed E-state index contributed by atoms with van der Waals surface area (Å²) in [6.45, 7) is 3.67. The van der Waals surface area contributed by atoms with Gasteiger partial charge >= 0.3 is 0 Å². The van der Waals surface area contributed by atoms with Gasteiger partial charge in [-0.25, -0.2) is 4.98 Å². The fourth-order valence-electron chi connectivity index (χ4n) is 5.37. The van der Waals surface area contributed by atoms with Crippen molar-refractivity contribution in [2.75, 3.05) is 26.2 Å². The first-order chi connectivity index (χ1) is 18.6. The second kappa shape index (κ2) is 10.5. The van der Waals surface area contributed by atoms with E-state index in [1.165, 1.54) is 5.56 Å². The van der Waals surface area contributed by atoms with Crippen molar-refractivity contribution in [3.05, 3.63) is 99.4 Å². The summed E-state index contributed by atoms with van der Waals surface area (Å²) in [4.78, 5) is 41.2. The number of H-pyrrole nitrogens is 1. The van der Waals surface area contributed by atoms with Gasteiger partial charge in [-0.1, -0.05) is 41.0 Å². The third kappa shape index (κ3) is 4.85. The number of carbonyl (C=O) groups is 1. The van der Waals surface area contributed by atoms with Crippen LogP contribution in [0.5, 0.6) is 0 Å². The van der Waals surface area contributed by atoms with Crippen molar-refractivity contribution < 1.29 is 4.79 Å². The molecule has 1 atom stereocenters. The lowest BCUT2D eigenvalue weighted by molar-refractivity contribution is 0.0617. The molecule has 4 aromatic rings. The fraction of sp³-hybridized carbons (Fsp3) is 0.276. The average Bonchev–Trinajstić information content (AvgIpc) is 3.59. The second-order valence-electron chi connectivity index (χ2n) is 9.81. The number of pyridine rings is 1. The van der Waals surface area contributed by atoms with Gasteiger partial charge in [-0.15, -0.1) is 0 Å². The molecule has 0 bridgehead atoms. The zero-order valence-corrected chi connectivity index (χ0v) is 21.6. The Labute approximate surface area is 225 Å². The standard InChI is InChI=1S/C29H27ClN6O2/c30-23-5-1-19(2-6-23)18-35-13-15-36(16-14-35)29(37)28-32-26(20-9-11-31-12-10-20)27(33-28)22-3-7-24-21(17-22)4-8-25(24)34-38/h1-3,5-7,9-12,17,25H,4,8,13-16,18H2,(H,32,33). The van der Waals surface area contributed by atoms with Crippen LogP contribution in [-0.2, 0) is 13.0 Å². The quantitative estimate of drug-likeness (QED) is 0.335. The molecule has 1 saturated heterocycles. The molecule has 192 valence electrons. The highest BCUT2D eigenvalue weighted by Crippen LogP contribution is 2.38. The molecule has 0 spiro atoms. The maximum atomic E-state index is 13.5. The minimum atomic E-state index is -0.284. The van der Waals surface area contributed by atoms with Crippen molar-refractivity contribution in [3.8, 4) is 22.5 Å². The Morgan fingerprint density at radius 1 is 1.00 bits per heavy atom. The van der Waals surface area contributed by atoms with Crippen LogP contribution in [0.25, 0.3) is 22.5 Å². The zero-order chi connectivity index (χ0) is 26.1. The van der Waals surface area contributed by atoms with Gasteiger partial charge in [0.25, 0.3) is 5.91 Å². The summed E-state index contributed by atoms with van der Waals surface area (Å²) >= 11 is 6.01. The van der Waals surface area contributed by atoms with Crippen LogP contribution in [0.1, 0.15) is 39.8 Å². The largest absolute Gasteiger partial charge is 0.333 e. The van der Waals surface area contributed by atoms with Crippen molar-refractivity contribution >= 4 is 17.5 Å². The molecule has 0 saturated carbocycles. The van der Waals surface area contributed by atoms with E-state index in [-0.39, 0.29) is 11.9 Å². The normalized spacial score (nSPS) is 17.4. The number of nitrogens with zero attached hydrogens (tertiary/aromatic N) is 5. The average molecular weight is 527 g/mol. The fourth-order valence-corrected chi connectivity index (χ4v) is 5.50. The molecular weight excluding hydrogens is 500 g/mol. The maximum Gasteiger partial charge on any atom is 0.289 e. The number of imidazole rings is 1. The van der Waals surface area contributed by atoms with Crippen LogP contribution in [0.3, 0.4) is 0 Å². The van der Waals surface area contributed by atoms with Crippen molar-refractivity contribution in [1.29, 1.82) is 0 Å². The van der Waals surface area contributed by atoms with Crippen molar-refractivity contribution in [1.82, 2.24) is 24.8 Å². The number of rotatable bonds is 6. The highest BCUT2D eigenvalue weighted by molar-refractivity contribution is 6.30. The third-order valence-electron chi connectivity index (χ3n) is 7.44. The van der Waals surface area contributed by atoms with Gasteiger partial charge in [0.2, 0.25) is 0 Å². The van der Waals surface area contributed by atoms with E-state index in [1.54, 1.807) is 12.4 Å². The molecule has 1 fully saturated rings. The van der Waals surface area contributed by atoms with Crippen LogP contribution >= 0.6 is 11.6 Å². The van der Waals surface area contributed by atoms with Crippen LogP contribution in [0, 0.1) is 4.91 Å². The SMILES string of the molecule is O=NC1CCc2cc(-c3nc(C(=O)N4CCN(Cc5ccc(Cl)cc5)CC4)[nH]c3-c3ccncc3)ccc21. The molecule has 6 rings (SSSR count). The number of amides is 1. The summed E-state index contributed by atoms with van der Waals surface area (Å²) in [6, 6.07) is 17.4. The van der Waals surface area contributed by atoms with E-state index in [0.29, 0.717) is 24.6 Å². The van der Waals surface area contributed by atoms with E-state index in [4.69, 9.17) is 16.6 Å². The first-order valence-electron chi connectivity index (χ1n) is 12.8. The lowest BCUT2D eigenvalue weighted by atomic mass is 10.0. The molecular formula is C29H27ClN6O2. The van der Waals surface area contributed by atoms with Crippen molar-refractivity contribution in [2.24, 2.45) is 5.18 Å². The van der Waals surface area contributed by atoms with Gasteiger partial charge in [-0.05, 0) is 59.9 Å². The van der Waals surface area contributed by atoms with E-state index in [0.717, 1.165) is 65.4 Å². The second-order valence-corrected chi connectivity index (χ2v) is 10.2. The highest BCUT2D eigenvalue weighted by Gasteiger charge is 2.28. The number of aromatic nitrogens is 3. The molecule has 8 nitrogen and oxygen atoms in total. The summed E-state index contributed by atoms with van der Waals surface area (Å²) in [5.41, 5.74) is 6.60. The number of carbonyl (C=O) groups excluding carboxylic acids is 1. The summed E-state index contributed by atoms with van der Waals surface area (Å²) in [5.74, 6) is 0.218. The summed E-state index contributed by atoms with van der Waals surface area (Å²) < 4.78 is 0. The van der Waals surface area contributed by atoms with Gasteiger partial charge in [0.05, 0.1) is 11.4 Å². The van der Waals surface area contributed by atoms with Gasteiger partial charge in [0.15, 0.2) is 5.82 Å². The summed E-state index contributed by atoms with van der Waals surface area (Å²) in [6.07, 6.45) is 4.99. The molecule has 1 N–H and O–H groups in total. The Morgan fingerprint density at radius 2 is 1.76 bits per heavy atom. The van der Waals surface area contributed by atoms with Crippen LogP contribution in [0.4, 0.5) is 0 Å². The lowest BCUT2D eigenvalue weighted by Crippen LogP contribution is -2.48. The number of aryl methyl sites for hydroxylation is 1. The number of fused-ring (bicyclic) bond motifs is 1. The smallest absolute Gasteiger partial charge is 0.289 e. The van der Waals surface area contributed by atoms with E-state index in [9.17, 15) is 9.70 Å². The molecule has 9 heteroatoms. The van der Waals surface area contributed by atoms with Crippen LogP contribution in [0.2, 0.25) is 5.02 Å². The van der Waals surface area contributed by atoms with Crippen LogP contribution < -0.4 is 0 Å². The van der Waals surface area contributed by atoms with E-state index in [2.05, 4.69) is 26.1 Å². The summed E-state index contributed by atoms with van der Waals surface area (Å²) in [5, 5.41) is 4.00. The lowest BCUT2D eigenvalue weighted by Gasteiger charge is -2.34. The van der Waals surface area contributed by atoms with Crippen molar-refractivity contribution in [2.45, 2.75) is 25.4 Å². The number of aromatic amines is 1. The molecule has 1 aliphatic carbocycles. The Morgan fingerprint density at radius 3 is 2.50 bits per heavy atom. The third-order valence-corrected chi connectivity index (χ3v) is 7.70. The van der Waals surface area contributed by atoms with Gasteiger partial charge in [-0.2, -0.15) is 4.91 Å². The monoisotopic (exact) mass is 526 g/mol. The van der Waals surface area contributed by atoms with Gasteiger partial charge < -0.3 is 9.88 Å². The number of piperazine rings is 1. The predicted molar refractivity (Wildman–Crippen MR) is 147 cm³/mol. The number of hydrogen-bond donors (Lipinski definition) is 1.